The van der Waals surface area contributed by atoms with Crippen LogP contribution in [0.25, 0.3) is 0 Å². The Morgan fingerprint density at radius 1 is 1.29 bits per heavy atom. The van der Waals surface area contributed by atoms with Gasteiger partial charge in [-0.1, -0.05) is 6.07 Å². The zero-order valence-corrected chi connectivity index (χ0v) is 13.4. The van der Waals surface area contributed by atoms with Crippen LogP contribution in [-0.4, -0.2) is 54.1 Å². The summed E-state index contributed by atoms with van der Waals surface area (Å²) in [6.45, 7) is 4.29. The summed E-state index contributed by atoms with van der Waals surface area (Å²) in [4.78, 5) is 9.72. The first-order valence-electron chi connectivity index (χ1n) is 8.27. The topological polar surface area (TPSA) is 31.4 Å². The Hall–Kier alpha value is -0.970. The molecule has 1 unspecified atom stereocenters. The molecule has 116 valence electrons. The van der Waals surface area contributed by atoms with Crippen LogP contribution in [0.1, 0.15) is 37.1 Å². The Balaban J connectivity index is 1.54. The quantitative estimate of drug-likeness (QED) is 0.866. The highest BCUT2D eigenvalue weighted by Crippen LogP contribution is 2.19. The van der Waals surface area contributed by atoms with Crippen molar-refractivity contribution in [3.8, 4) is 0 Å². The minimum absolute atomic E-state index is 0.666. The number of piperidine rings is 1. The highest BCUT2D eigenvalue weighted by Gasteiger charge is 2.22. The molecule has 2 aliphatic rings. The minimum atomic E-state index is 0.666. The normalized spacial score (nSPS) is 23.7. The molecule has 0 aromatic carbocycles. The maximum absolute atomic E-state index is 4.81. The number of hydrogen-bond acceptors (Lipinski definition) is 4. The van der Waals surface area contributed by atoms with Crippen molar-refractivity contribution in [3.05, 3.63) is 29.6 Å². The van der Waals surface area contributed by atoms with Crippen molar-refractivity contribution in [2.45, 2.75) is 50.9 Å². The van der Waals surface area contributed by atoms with Crippen LogP contribution in [0.3, 0.4) is 0 Å². The Bertz CT molecular complexity index is 458. The SMILES string of the molecule is CN1CCCC(N(C)Cc2cccc(CNC3CC3)n2)C1. The number of nitrogens with one attached hydrogen (secondary N) is 1. The average molecular weight is 288 g/mol. The monoisotopic (exact) mass is 288 g/mol. The second kappa shape index (κ2) is 6.86. The Labute approximate surface area is 128 Å². The molecule has 4 heteroatoms. The van der Waals surface area contributed by atoms with Gasteiger partial charge in [0, 0.05) is 31.7 Å². The lowest BCUT2D eigenvalue weighted by Gasteiger charge is -2.35. The second-order valence-corrected chi connectivity index (χ2v) is 6.75. The minimum Gasteiger partial charge on any atom is -0.308 e. The lowest BCUT2D eigenvalue weighted by molar-refractivity contribution is 0.128. The number of hydrogen-bond donors (Lipinski definition) is 1. The van der Waals surface area contributed by atoms with Gasteiger partial charge in [0.25, 0.3) is 0 Å². The molecule has 0 bridgehead atoms. The largest absolute Gasteiger partial charge is 0.308 e. The molecule has 1 aliphatic carbocycles. The summed E-state index contributed by atoms with van der Waals surface area (Å²) in [6, 6.07) is 7.85. The van der Waals surface area contributed by atoms with Crippen molar-refractivity contribution in [3.63, 3.8) is 0 Å². The first-order valence-corrected chi connectivity index (χ1v) is 8.27. The Morgan fingerprint density at radius 3 is 2.86 bits per heavy atom. The molecule has 1 saturated carbocycles. The molecule has 1 aromatic rings. The average Bonchev–Trinajstić information content (AvgIpc) is 3.30. The van der Waals surface area contributed by atoms with Gasteiger partial charge in [-0.05, 0) is 58.5 Å². The molecule has 1 N–H and O–H groups in total. The summed E-state index contributed by atoms with van der Waals surface area (Å²) in [5.41, 5.74) is 2.37. The van der Waals surface area contributed by atoms with Crippen LogP contribution in [0.4, 0.5) is 0 Å². The van der Waals surface area contributed by atoms with E-state index in [0.717, 1.165) is 19.1 Å². The number of likely N-dealkylation sites (N-methyl/N-ethyl adjacent to an activating group) is 2. The second-order valence-electron chi connectivity index (χ2n) is 6.75. The molecule has 1 aliphatic heterocycles. The Morgan fingerprint density at radius 2 is 2.10 bits per heavy atom. The van der Waals surface area contributed by atoms with Gasteiger partial charge in [-0.3, -0.25) is 9.88 Å². The number of aromatic nitrogens is 1. The van der Waals surface area contributed by atoms with E-state index < -0.39 is 0 Å². The maximum Gasteiger partial charge on any atom is 0.0547 e. The fraction of sp³-hybridized carbons (Fsp3) is 0.706. The van der Waals surface area contributed by atoms with Crippen LogP contribution in [-0.2, 0) is 13.1 Å². The molecule has 21 heavy (non-hydrogen) atoms. The van der Waals surface area contributed by atoms with Crippen molar-refractivity contribution < 1.29 is 0 Å². The molecular weight excluding hydrogens is 260 g/mol. The van der Waals surface area contributed by atoms with E-state index in [1.54, 1.807) is 0 Å². The molecule has 4 nitrogen and oxygen atoms in total. The van der Waals surface area contributed by atoms with Crippen LogP contribution in [0.2, 0.25) is 0 Å². The fourth-order valence-corrected chi connectivity index (χ4v) is 3.14. The van der Waals surface area contributed by atoms with Crippen LogP contribution >= 0.6 is 0 Å². The lowest BCUT2D eigenvalue weighted by Crippen LogP contribution is -2.44. The third-order valence-electron chi connectivity index (χ3n) is 4.65. The Kier molecular flexibility index (Phi) is 4.88. The van der Waals surface area contributed by atoms with Crippen LogP contribution in [0.15, 0.2) is 18.2 Å². The molecule has 2 fully saturated rings. The van der Waals surface area contributed by atoms with Crippen molar-refractivity contribution in [1.29, 1.82) is 0 Å². The van der Waals surface area contributed by atoms with Gasteiger partial charge in [-0.15, -0.1) is 0 Å². The van der Waals surface area contributed by atoms with E-state index in [2.05, 4.69) is 47.4 Å². The van der Waals surface area contributed by atoms with Gasteiger partial charge in [-0.25, -0.2) is 0 Å². The maximum atomic E-state index is 4.81. The molecule has 1 saturated heterocycles. The van der Waals surface area contributed by atoms with Gasteiger partial charge in [0.2, 0.25) is 0 Å². The van der Waals surface area contributed by atoms with Gasteiger partial charge >= 0.3 is 0 Å². The molecule has 3 rings (SSSR count). The first kappa shape index (κ1) is 14.9. The molecule has 0 amide bonds. The van der Waals surface area contributed by atoms with Crippen LogP contribution in [0.5, 0.6) is 0 Å². The van der Waals surface area contributed by atoms with E-state index >= 15 is 0 Å². The summed E-state index contributed by atoms with van der Waals surface area (Å²) in [5.74, 6) is 0. The number of nitrogens with zero attached hydrogens (tertiary/aromatic N) is 3. The first-order chi connectivity index (χ1) is 10.2. The standard InChI is InChI=1S/C17H28N4/c1-20-10-4-7-17(13-20)21(2)12-16-6-3-5-15(19-16)11-18-14-8-9-14/h3,5-6,14,17-18H,4,7-13H2,1-2H3. The van der Waals surface area contributed by atoms with E-state index in [9.17, 15) is 0 Å². The smallest absolute Gasteiger partial charge is 0.0547 e. The molecule has 1 atom stereocenters. The molecule has 2 heterocycles. The number of rotatable bonds is 6. The highest BCUT2D eigenvalue weighted by atomic mass is 15.2. The molecule has 0 spiro atoms. The molecule has 0 radical (unpaired) electrons. The lowest BCUT2D eigenvalue weighted by atomic mass is 10.0. The van der Waals surface area contributed by atoms with Crippen molar-refractivity contribution >= 4 is 0 Å². The van der Waals surface area contributed by atoms with Gasteiger partial charge in [-0.2, -0.15) is 0 Å². The van der Waals surface area contributed by atoms with Gasteiger partial charge in [0.05, 0.1) is 11.4 Å². The van der Waals surface area contributed by atoms with Crippen LogP contribution in [0, 0.1) is 0 Å². The number of likely N-dealkylation sites (tertiary alicyclic amines) is 1. The third kappa shape index (κ3) is 4.50. The van der Waals surface area contributed by atoms with Crippen molar-refractivity contribution in [2.24, 2.45) is 0 Å². The zero-order chi connectivity index (χ0) is 14.7. The van der Waals surface area contributed by atoms with E-state index in [1.807, 2.05) is 0 Å². The third-order valence-corrected chi connectivity index (χ3v) is 4.65. The predicted octanol–water partition coefficient (Wildman–Crippen LogP) is 1.86. The molecular formula is C17H28N4. The summed E-state index contributed by atoms with van der Waals surface area (Å²) in [7, 11) is 4.46. The van der Waals surface area contributed by atoms with Gasteiger partial charge < -0.3 is 10.2 Å². The summed E-state index contributed by atoms with van der Waals surface area (Å²) in [5, 5.41) is 3.54. The van der Waals surface area contributed by atoms with Crippen molar-refractivity contribution in [2.75, 3.05) is 27.2 Å². The van der Waals surface area contributed by atoms with E-state index in [-0.39, 0.29) is 0 Å². The van der Waals surface area contributed by atoms with E-state index in [0.29, 0.717) is 6.04 Å². The summed E-state index contributed by atoms with van der Waals surface area (Å²) < 4.78 is 0. The van der Waals surface area contributed by atoms with Gasteiger partial charge in [0.1, 0.15) is 0 Å². The fourth-order valence-electron chi connectivity index (χ4n) is 3.14. The zero-order valence-electron chi connectivity index (χ0n) is 13.4. The van der Waals surface area contributed by atoms with Crippen LogP contribution < -0.4 is 5.32 Å². The van der Waals surface area contributed by atoms with E-state index in [4.69, 9.17) is 4.98 Å². The highest BCUT2D eigenvalue weighted by molar-refractivity contribution is 5.11. The van der Waals surface area contributed by atoms with Gasteiger partial charge in [0.15, 0.2) is 0 Å². The summed E-state index contributed by atoms with van der Waals surface area (Å²) in [6.07, 6.45) is 5.28. The van der Waals surface area contributed by atoms with Crippen molar-refractivity contribution in [1.82, 2.24) is 20.1 Å². The van der Waals surface area contributed by atoms with E-state index in [1.165, 1.54) is 50.2 Å². The number of pyridine rings is 1. The predicted molar refractivity (Wildman–Crippen MR) is 86.1 cm³/mol. The summed E-state index contributed by atoms with van der Waals surface area (Å²) >= 11 is 0. The molecule has 1 aromatic heterocycles.